The van der Waals surface area contributed by atoms with E-state index in [1.54, 1.807) is 6.92 Å². The van der Waals surface area contributed by atoms with Gasteiger partial charge in [-0.05, 0) is 38.8 Å². The van der Waals surface area contributed by atoms with E-state index in [9.17, 15) is 4.79 Å². The van der Waals surface area contributed by atoms with Crippen LogP contribution in [0.15, 0.2) is 10.7 Å². The number of carbonyl (C=O) groups is 1. The first-order valence-corrected chi connectivity index (χ1v) is 7.28. The highest BCUT2D eigenvalue weighted by Gasteiger charge is 2.16. The van der Waals surface area contributed by atoms with Gasteiger partial charge in [-0.25, -0.2) is 4.79 Å². The van der Waals surface area contributed by atoms with Crippen LogP contribution in [0, 0.1) is 5.92 Å². The van der Waals surface area contributed by atoms with Gasteiger partial charge in [0.1, 0.15) is 6.26 Å². The van der Waals surface area contributed by atoms with E-state index < -0.39 is 5.97 Å². The van der Waals surface area contributed by atoms with E-state index in [0.717, 1.165) is 13.1 Å². The molecule has 0 spiro atoms. The van der Waals surface area contributed by atoms with E-state index in [1.165, 1.54) is 32.2 Å². The van der Waals surface area contributed by atoms with Crippen molar-refractivity contribution < 1.29 is 13.9 Å². The predicted octanol–water partition coefficient (Wildman–Crippen LogP) is 2.00. The molecule has 6 heteroatoms. The smallest absolute Gasteiger partial charge is 0.360 e. The number of anilines is 1. The van der Waals surface area contributed by atoms with Gasteiger partial charge in [-0.1, -0.05) is 6.92 Å². The Labute approximate surface area is 119 Å². The number of esters is 1. The number of carbonyl (C=O) groups excluding carboxylic acids is 1. The van der Waals surface area contributed by atoms with Crippen molar-refractivity contribution in [2.45, 2.75) is 26.7 Å². The number of oxazole rings is 1. The Morgan fingerprint density at radius 2 is 2.30 bits per heavy atom. The number of likely N-dealkylation sites (tertiary alicyclic amines) is 1. The summed E-state index contributed by atoms with van der Waals surface area (Å²) < 4.78 is 10.1. The maximum Gasteiger partial charge on any atom is 0.360 e. The maximum absolute atomic E-state index is 11.4. The zero-order valence-electron chi connectivity index (χ0n) is 12.2. The molecule has 112 valence electrons. The summed E-state index contributed by atoms with van der Waals surface area (Å²) >= 11 is 0. The number of nitrogens with one attached hydrogen (secondary N) is 1. The minimum absolute atomic E-state index is 0.210. The lowest BCUT2D eigenvalue weighted by Crippen LogP contribution is -2.28. The number of hydrogen-bond acceptors (Lipinski definition) is 6. The van der Waals surface area contributed by atoms with E-state index in [-0.39, 0.29) is 5.69 Å². The van der Waals surface area contributed by atoms with Gasteiger partial charge in [0, 0.05) is 13.1 Å². The Bertz CT molecular complexity index is 427. The first kappa shape index (κ1) is 14.8. The molecule has 0 saturated carbocycles. The zero-order valence-corrected chi connectivity index (χ0v) is 12.2. The monoisotopic (exact) mass is 281 g/mol. The molecule has 1 aromatic heterocycles. The van der Waals surface area contributed by atoms with E-state index in [2.05, 4.69) is 22.1 Å². The lowest BCUT2D eigenvalue weighted by molar-refractivity contribution is 0.0519. The van der Waals surface area contributed by atoms with Gasteiger partial charge in [-0.15, -0.1) is 0 Å². The summed E-state index contributed by atoms with van der Waals surface area (Å²) in [6.45, 7) is 8.56. The Morgan fingerprint density at radius 3 is 3.00 bits per heavy atom. The molecule has 0 amide bonds. The normalized spacial score (nSPS) is 17.1. The average Bonchev–Trinajstić information content (AvgIpc) is 3.07. The number of nitrogens with zero attached hydrogens (tertiary/aromatic N) is 2. The summed E-state index contributed by atoms with van der Waals surface area (Å²) in [4.78, 5) is 18.0. The van der Waals surface area contributed by atoms with Crippen LogP contribution in [0.3, 0.4) is 0 Å². The van der Waals surface area contributed by atoms with Crippen molar-refractivity contribution in [1.29, 1.82) is 0 Å². The summed E-state index contributed by atoms with van der Waals surface area (Å²) in [5.41, 5.74) is 0.210. The third-order valence-electron chi connectivity index (χ3n) is 3.36. The van der Waals surface area contributed by atoms with Gasteiger partial charge in [0.05, 0.1) is 6.61 Å². The van der Waals surface area contributed by atoms with E-state index in [1.807, 2.05) is 0 Å². The van der Waals surface area contributed by atoms with E-state index >= 15 is 0 Å². The van der Waals surface area contributed by atoms with Crippen LogP contribution in [0.25, 0.3) is 0 Å². The molecule has 1 saturated heterocycles. The van der Waals surface area contributed by atoms with Crippen molar-refractivity contribution in [2.75, 3.05) is 38.1 Å². The maximum atomic E-state index is 11.4. The molecule has 2 heterocycles. The largest absolute Gasteiger partial charge is 0.461 e. The van der Waals surface area contributed by atoms with Crippen LogP contribution in [0.5, 0.6) is 0 Å². The second kappa shape index (κ2) is 7.28. The highest BCUT2D eigenvalue weighted by Crippen LogP contribution is 2.12. The van der Waals surface area contributed by atoms with Gasteiger partial charge < -0.3 is 19.4 Å². The van der Waals surface area contributed by atoms with Crippen LogP contribution in [0.2, 0.25) is 0 Å². The predicted molar refractivity (Wildman–Crippen MR) is 75.8 cm³/mol. The first-order chi connectivity index (χ1) is 9.69. The number of hydrogen-bond donors (Lipinski definition) is 1. The minimum atomic E-state index is -0.450. The lowest BCUT2D eigenvalue weighted by Gasteiger charge is -2.19. The van der Waals surface area contributed by atoms with Gasteiger partial charge >= 0.3 is 5.97 Å². The van der Waals surface area contributed by atoms with Crippen LogP contribution in [0.4, 0.5) is 6.01 Å². The Balaban J connectivity index is 1.74. The van der Waals surface area contributed by atoms with Crippen molar-refractivity contribution in [3.05, 3.63) is 12.0 Å². The summed E-state index contributed by atoms with van der Waals surface area (Å²) in [6.07, 6.45) is 3.94. The molecule has 2 rings (SSSR count). The SMILES string of the molecule is CCOC(=O)c1coc(NCC(C)CN2CCCC2)n1. The van der Waals surface area contributed by atoms with Gasteiger partial charge in [0.25, 0.3) is 6.01 Å². The Morgan fingerprint density at radius 1 is 1.55 bits per heavy atom. The summed E-state index contributed by atoms with van der Waals surface area (Å²) in [5.74, 6) is 0.0560. The summed E-state index contributed by atoms with van der Waals surface area (Å²) in [7, 11) is 0. The third-order valence-corrected chi connectivity index (χ3v) is 3.36. The lowest BCUT2D eigenvalue weighted by atomic mass is 10.1. The number of rotatable bonds is 7. The van der Waals surface area contributed by atoms with E-state index in [4.69, 9.17) is 9.15 Å². The van der Waals surface area contributed by atoms with Crippen molar-refractivity contribution >= 4 is 12.0 Å². The van der Waals surface area contributed by atoms with Crippen LogP contribution >= 0.6 is 0 Å². The molecule has 20 heavy (non-hydrogen) atoms. The van der Waals surface area contributed by atoms with E-state index in [0.29, 0.717) is 18.5 Å². The van der Waals surface area contributed by atoms with Gasteiger partial charge in [0.2, 0.25) is 0 Å². The molecular weight excluding hydrogens is 258 g/mol. The molecule has 1 unspecified atom stereocenters. The fourth-order valence-electron chi connectivity index (χ4n) is 2.39. The standard InChI is InChI=1S/C14H23N3O3/c1-3-19-13(18)12-10-20-14(16-12)15-8-11(2)9-17-6-4-5-7-17/h10-11H,3-9H2,1-2H3,(H,15,16). The highest BCUT2D eigenvalue weighted by molar-refractivity contribution is 5.87. The van der Waals surface area contributed by atoms with Crippen molar-refractivity contribution in [3.8, 4) is 0 Å². The average molecular weight is 281 g/mol. The molecule has 1 aliphatic heterocycles. The molecule has 1 fully saturated rings. The Hall–Kier alpha value is -1.56. The second-order valence-electron chi connectivity index (χ2n) is 5.25. The molecule has 1 atom stereocenters. The van der Waals surface area contributed by atoms with Crippen molar-refractivity contribution in [1.82, 2.24) is 9.88 Å². The molecule has 0 bridgehead atoms. The van der Waals surface area contributed by atoms with Crippen LogP contribution < -0.4 is 5.32 Å². The van der Waals surface area contributed by atoms with Crippen LogP contribution in [-0.2, 0) is 4.74 Å². The topological polar surface area (TPSA) is 67.6 Å². The third kappa shape index (κ3) is 4.23. The van der Waals surface area contributed by atoms with Crippen molar-refractivity contribution in [3.63, 3.8) is 0 Å². The molecule has 1 aromatic rings. The first-order valence-electron chi connectivity index (χ1n) is 7.28. The number of ether oxygens (including phenoxy) is 1. The second-order valence-corrected chi connectivity index (χ2v) is 5.25. The molecular formula is C14H23N3O3. The van der Waals surface area contributed by atoms with Gasteiger partial charge in [0.15, 0.2) is 5.69 Å². The summed E-state index contributed by atoms with van der Waals surface area (Å²) in [6, 6.07) is 0.376. The molecule has 6 nitrogen and oxygen atoms in total. The fraction of sp³-hybridized carbons (Fsp3) is 0.714. The Kier molecular flexibility index (Phi) is 5.40. The highest BCUT2D eigenvalue weighted by atomic mass is 16.5. The fourth-order valence-corrected chi connectivity index (χ4v) is 2.39. The van der Waals surface area contributed by atoms with Crippen molar-refractivity contribution in [2.24, 2.45) is 5.92 Å². The van der Waals surface area contributed by atoms with Crippen LogP contribution in [0.1, 0.15) is 37.2 Å². The quantitative estimate of drug-likeness (QED) is 0.771. The molecule has 1 N–H and O–H groups in total. The molecule has 0 aliphatic carbocycles. The molecule has 1 aliphatic rings. The minimum Gasteiger partial charge on any atom is -0.461 e. The molecule has 0 radical (unpaired) electrons. The van der Waals surface area contributed by atoms with Crippen LogP contribution in [-0.4, -0.2) is 48.6 Å². The number of aromatic nitrogens is 1. The molecule has 0 aromatic carbocycles. The van der Waals surface area contributed by atoms with Gasteiger partial charge in [-0.3, -0.25) is 0 Å². The zero-order chi connectivity index (χ0) is 14.4. The van der Waals surface area contributed by atoms with Gasteiger partial charge in [-0.2, -0.15) is 4.98 Å². The summed E-state index contributed by atoms with van der Waals surface area (Å²) in [5, 5.41) is 3.12.